The van der Waals surface area contributed by atoms with Crippen LogP contribution >= 0.6 is 11.6 Å². The van der Waals surface area contributed by atoms with Gasteiger partial charge in [-0.1, -0.05) is 0 Å². The van der Waals surface area contributed by atoms with Gasteiger partial charge in [0, 0.05) is 5.56 Å². The molecule has 3 nitrogen and oxygen atoms in total. The Hall–Kier alpha value is -1.22. The normalized spacial score (nSPS) is 18.4. The van der Waals surface area contributed by atoms with Crippen molar-refractivity contribution in [2.75, 3.05) is 13.7 Å². The Balaban J connectivity index is 2.46. The van der Waals surface area contributed by atoms with E-state index >= 15 is 0 Å². The van der Waals surface area contributed by atoms with Crippen molar-refractivity contribution >= 4 is 17.4 Å². The number of carbonyl (C=O) groups is 1. The molecule has 0 saturated heterocycles. The summed E-state index contributed by atoms with van der Waals surface area (Å²) in [6, 6.07) is 3.56. The number of fused-ring (bicyclic) bond motifs is 1. The lowest BCUT2D eigenvalue weighted by Gasteiger charge is -2.10. The quantitative estimate of drug-likeness (QED) is 0.762. The maximum atomic E-state index is 11.7. The predicted octanol–water partition coefficient (Wildman–Crippen LogP) is 2.44. The number of Topliss-reactive ketones (excluding diaryl/α,β-unsaturated/α-hetero) is 1. The molecular formula is C12H13ClO3. The van der Waals surface area contributed by atoms with E-state index in [9.17, 15) is 4.79 Å². The summed E-state index contributed by atoms with van der Waals surface area (Å²) < 4.78 is 10.6. The second kappa shape index (κ2) is 4.34. The van der Waals surface area contributed by atoms with Crippen molar-refractivity contribution in [2.24, 2.45) is 0 Å². The second-order valence-electron chi connectivity index (χ2n) is 3.63. The van der Waals surface area contributed by atoms with Gasteiger partial charge in [-0.3, -0.25) is 4.79 Å². The number of carbonyl (C=O) groups excluding carboxylic acids is 1. The number of ketones is 1. The van der Waals surface area contributed by atoms with E-state index in [0.29, 0.717) is 30.1 Å². The molecule has 1 aromatic rings. The van der Waals surface area contributed by atoms with Gasteiger partial charge >= 0.3 is 0 Å². The summed E-state index contributed by atoms with van der Waals surface area (Å²) in [4.78, 5) is 11.7. The first-order valence-corrected chi connectivity index (χ1v) is 5.63. The molecule has 0 aliphatic heterocycles. The molecule has 0 bridgehead atoms. The molecule has 0 spiro atoms. The van der Waals surface area contributed by atoms with Gasteiger partial charge in [-0.2, -0.15) is 0 Å². The van der Waals surface area contributed by atoms with Crippen LogP contribution in [0.5, 0.6) is 11.5 Å². The molecule has 0 N–H and O–H groups in total. The predicted molar refractivity (Wildman–Crippen MR) is 61.8 cm³/mol. The summed E-state index contributed by atoms with van der Waals surface area (Å²) in [5.74, 6) is 1.22. The zero-order valence-electron chi connectivity index (χ0n) is 9.25. The summed E-state index contributed by atoms with van der Waals surface area (Å²) in [6.07, 6.45) is 0.569. The zero-order valence-corrected chi connectivity index (χ0v) is 10.0. The summed E-state index contributed by atoms with van der Waals surface area (Å²) in [6.45, 7) is 2.47. The number of hydrogen-bond acceptors (Lipinski definition) is 3. The van der Waals surface area contributed by atoms with E-state index in [0.717, 1.165) is 5.56 Å². The minimum atomic E-state index is -0.448. The van der Waals surface area contributed by atoms with E-state index in [1.807, 2.05) is 13.0 Å². The molecule has 1 atom stereocenters. The van der Waals surface area contributed by atoms with Gasteiger partial charge in [-0.25, -0.2) is 0 Å². The Bertz CT molecular complexity index is 429. The molecule has 0 radical (unpaired) electrons. The molecule has 16 heavy (non-hydrogen) atoms. The van der Waals surface area contributed by atoms with Gasteiger partial charge in [0.1, 0.15) is 5.38 Å². The Morgan fingerprint density at radius 3 is 2.81 bits per heavy atom. The van der Waals surface area contributed by atoms with Crippen molar-refractivity contribution in [3.05, 3.63) is 23.3 Å². The molecule has 86 valence electrons. The highest BCUT2D eigenvalue weighted by atomic mass is 35.5. The smallest absolute Gasteiger partial charge is 0.181 e. The van der Waals surface area contributed by atoms with Crippen LogP contribution in [0.15, 0.2) is 12.1 Å². The molecule has 1 unspecified atom stereocenters. The second-order valence-corrected chi connectivity index (χ2v) is 4.16. The van der Waals surface area contributed by atoms with Gasteiger partial charge in [0.05, 0.1) is 13.7 Å². The molecule has 1 aliphatic rings. The SMILES string of the molecule is CCOc1cc2c(cc1OC)C(=O)C(Cl)C2. The lowest BCUT2D eigenvalue weighted by atomic mass is 10.1. The van der Waals surface area contributed by atoms with Crippen LogP contribution in [0.2, 0.25) is 0 Å². The molecule has 0 heterocycles. The number of methoxy groups -OCH3 is 1. The number of alkyl halides is 1. The molecule has 0 aromatic heterocycles. The number of rotatable bonds is 3. The first-order valence-electron chi connectivity index (χ1n) is 5.19. The van der Waals surface area contributed by atoms with Crippen LogP contribution in [0, 0.1) is 0 Å². The van der Waals surface area contributed by atoms with Gasteiger partial charge in [0.15, 0.2) is 17.3 Å². The highest BCUT2D eigenvalue weighted by Gasteiger charge is 2.30. The average molecular weight is 241 g/mol. The van der Waals surface area contributed by atoms with E-state index in [2.05, 4.69) is 0 Å². The van der Waals surface area contributed by atoms with E-state index in [-0.39, 0.29) is 5.78 Å². The molecular weight excluding hydrogens is 228 g/mol. The molecule has 0 amide bonds. The fourth-order valence-electron chi connectivity index (χ4n) is 1.88. The third-order valence-corrected chi connectivity index (χ3v) is 2.99. The fraction of sp³-hybridized carbons (Fsp3) is 0.417. The van der Waals surface area contributed by atoms with Crippen LogP contribution in [0.25, 0.3) is 0 Å². The van der Waals surface area contributed by atoms with Crippen LogP contribution in [0.3, 0.4) is 0 Å². The van der Waals surface area contributed by atoms with E-state index in [1.54, 1.807) is 13.2 Å². The Morgan fingerprint density at radius 1 is 1.44 bits per heavy atom. The van der Waals surface area contributed by atoms with Crippen molar-refractivity contribution in [3.8, 4) is 11.5 Å². The average Bonchev–Trinajstić information content (AvgIpc) is 2.54. The third kappa shape index (κ3) is 1.76. The van der Waals surface area contributed by atoms with Crippen molar-refractivity contribution in [3.63, 3.8) is 0 Å². The number of halogens is 1. The van der Waals surface area contributed by atoms with Crippen LogP contribution in [0.4, 0.5) is 0 Å². The Morgan fingerprint density at radius 2 is 2.19 bits per heavy atom. The maximum absolute atomic E-state index is 11.7. The number of hydrogen-bond donors (Lipinski definition) is 0. The lowest BCUT2D eigenvalue weighted by molar-refractivity contribution is 0.0998. The van der Waals surface area contributed by atoms with Gasteiger partial charge in [0.25, 0.3) is 0 Å². The highest BCUT2D eigenvalue weighted by Crippen LogP contribution is 2.36. The van der Waals surface area contributed by atoms with Gasteiger partial charge in [-0.05, 0) is 31.0 Å². The summed E-state index contributed by atoms with van der Waals surface area (Å²) in [5, 5.41) is -0.448. The van der Waals surface area contributed by atoms with Crippen LogP contribution in [0.1, 0.15) is 22.8 Å². The standard InChI is InChI=1S/C12H13ClO3/c1-3-16-11-5-7-4-9(13)12(14)8(7)6-10(11)15-2/h5-6,9H,3-4H2,1-2H3. The first-order chi connectivity index (χ1) is 7.67. The lowest BCUT2D eigenvalue weighted by Crippen LogP contribution is -2.06. The minimum absolute atomic E-state index is 0.0296. The van der Waals surface area contributed by atoms with Crippen LogP contribution in [-0.2, 0) is 6.42 Å². The van der Waals surface area contributed by atoms with Crippen molar-refractivity contribution in [1.82, 2.24) is 0 Å². The zero-order chi connectivity index (χ0) is 11.7. The topological polar surface area (TPSA) is 35.5 Å². The molecule has 1 aromatic carbocycles. The number of ether oxygens (including phenoxy) is 2. The van der Waals surface area contributed by atoms with Crippen LogP contribution < -0.4 is 9.47 Å². The Labute approximate surface area is 99.3 Å². The van der Waals surface area contributed by atoms with Crippen LogP contribution in [-0.4, -0.2) is 24.9 Å². The van der Waals surface area contributed by atoms with Crippen molar-refractivity contribution in [2.45, 2.75) is 18.7 Å². The van der Waals surface area contributed by atoms with Crippen molar-refractivity contribution in [1.29, 1.82) is 0 Å². The Kier molecular flexibility index (Phi) is 3.06. The van der Waals surface area contributed by atoms with E-state index < -0.39 is 5.38 Å². The molecule has 0 fully saturated rings. The monoisotopic (exact) mass is 240 g/mol. The first kappa shape index (κ1) is 11.3. The minimum Gasteiger partial charge on any atom is -0.493 e. The summed E-state index contributed by atoms with van der Waals surface area (Å²) in [7, 11) is 1.56. The fourth-order valence-corrected chi connectivity index (χ4v) is 2.17. The van der Waals surface area contributed by atoms with E-state index in [1.165, 1.54) is 0 Å². The van der Waals surface area contributed by atoms with Gasteiger partial charge in [-0.15, -0.1) is 11.6 Å². The van der Waals surface area contributed by atoms with Gasteiger partial charge < -0.3 is 9.47 Å². The summed E-state index contributed by atoms with van der Waals surface area (Å²) in [5.41, 5.74) is 1.59. The third-order valence-electron chi connectivity index (χ3n) is 2.64. The van der Waals surface area contributed by atoms with Gasteiger partial charge in [0.2, 0.25) is 0 Å². The molecule has 1 aliphatic carbocycles. The molecule has 4 heteroatoms. The van der Waals surface area contributed by atoms with E-state index in [4.69, 9.17) is 21.1 Å². The highest BCUT2D eigenvalue weighted by molar-refractivity contribution is 6.35. The maximum Gasteiger partial charge on any atom is 0.181 e. The molecule has 0 saturated carbocycles. The molecule has 2 rings (SSSR count). The largest absolute Gasteiger partial charge is 0.493 e. The number of benzene rings is 1. The summed E-state index contributed by atoms with van der Waals surface area (Å²) >= 11 is 5.92. The van der Waals surface area contributed by atoms with Crippen molar-refractivity contribution < 1.29 is 14.3 Å².